The average Bonchev–Trinajstić information content (AvgIpc) is 3.51. The number of H-pyrrole nitrogens is 1. The van der Waals surface area contributed by atoms with E-state index in [1.54, 1.807) is 0 Å². The van der Waals surface area contributed by atoms with Gasteiger partial charge in [0.1, 0.15) is 5.65 Å². The summed E-state index contributed by atoms with van der Waals surface area (Å²) in [5, 5.41) is 8.12. The first-order valence-electron chi connectivity index (χ1n) is 10.6. The lowest BCUT2D eigenvalue weighted by Gasteiger charge is -2.23. The highest BCUT2D eigenvalue weighted by molar-refractivity contribution is 6.30. The number of carbonyl (C=O) groups excluding carboxylic acids is 1. The molecule has 2 heterocycles. The number of carbonyl (C=O) groups is 1. The molecule has 5 rings (SSSR count). The van der Waals surface area contributed by atoms with E-state index in [2.05, 4.69) is 39.7 Å². The highest BCUT2D eigenvalue weighted by atomic mass is 35.5. The Morgan fingerprint density at radius 2 is 1.97 bits per heavy atom. The van der Waals surface area contributed by atoms with Gasteiger partial charge >= 0.3 is 0 Å². The third-order valence-corrected chi connectivity index (χ3v) is 6.08. The number of hydrogen-bond donors (Lipinski definition) is 3. The summed E-state index contributed by atoms with van der Waals surface area (Å²) in [6, 6.07) is 9.87. The number of amides is 1. The van der Waals surface area contributed by atoms with Gasteiger partial charge in [0.15, 0.2) is 0 Å². The molecule has 0 radical (unpaired) electrons. The Kier molecular flexibility index (Phi) is 5.24. The second kappa shape index (κ2) is 8.19. The monoisotopic (exact) mass is 433 g/mol. The molecule has 1 unspecified atom stereocenters. The SMILES string of the molecule is CC1CC(NCc2ccc(Cl)cc2)=CC=C1c1nc(NC(=O)C2CC2)nc2[nH]ccc12. The predicted octanol–water partition coefficient (Wildman–Crippen LogP) is 5.06. The smallest absolute Gasteiger partial charge is 0.231 e. The summed E-state index contributed by atoms with van der Waals surface area (Å²) in [5.41, 5.74) is 5.13. The molecule has 1 saturated carbocycles. The van der Waals surface area contributed by atoms with Gasteiger partial charge in [-0.2, -0.15) is 4.98 Å². The molecule has 7 heteroatoms. The van der Waals surface area contributed by atoms with E-state index in [0.29, 0.717) is 5.95 Å². The summed E-state index contributed by atoms with van der Waals surface area (Å²) < 4.78 is 0. The molecule has 31 heavy (non-hydrogen) atoms. The van der Waals surface area contributed by atoms with Crippen LogP contribution in [0.4, 0.5) is 5.95 Å². The van der Waals surface area contributed by atoms with Gasteiger partial charge < -0.3 is 10.3 Å². The molecule has 0 saturated heterocycles. The molecule has 2 aliphatic carbocycles. The number of fused-ring (bicyclic) bond motifs is 1. The van der Waals surface area contributed by atoms with Crippen molar-refractivity contribution in [2.24, 2.45) is 11.8 Å². The van der Waals surface area contributed by atoms with Crippen molar-refractivity contribution in [2.75, 3.05) is 5.32 Å². The van der Waals surface area contributed by atoms with Gasteiger partial charge in [0.25, 0.3) is 0 Å². The molecule has 158 valence electrons. The largest absolute Gasteiger partial charge is 0.384 e. The molecular formula is C24H24ClN5O. The zero-order chi connectivity index (χ0) is 21.4. The maximum absolute atomic E-state index is 12.2. The van der Waals surface area contributed by atoms with Crippen LogP contribution in [-0.4, -0.2) is 20.9 Å². The Bertz CT molecular complexity index is 1190. The minimum Gasteiger partial charge on any atom is -0.384 e. The lowest BCUT2D eigenvalue weighted by Crippen LogP contribution is -2.19. The van der Waals surface area contributed by atoms with E-state index in [4.69, 9.17) is 16.6 Å². The quantitative estimate of drug-likeness (QED) is 0.507. The Labute approximate surface area is 185 Å². The first-order chi connectivity index (χ1) is 15.1. The average molecular weight is 434 g/mol. The molecule has 3 aromatic rings. The molecule has 0 spiro atoms. The summed E-state index contributed by atoms with van der Waals surface area (Å²) in [7, 11) is 0. The van der Waals surface area contributed by atoms with E-state index in [-0.39, 0.29) is 17.7 Å². The maximum atomic E-state index is 12.2. The lowest BCUT2D eigenvalue weighted by molar-refractivity contribution is -0.117. The topological polar surface area (TPSA) is 82.7 Å². The van der Waals surface area contributed by atoms with Gasteiger partial charge in [-0.1, -0.05) is 36.7 Å². The minimum atomic E-state index is 0.0103. The predicted molar refractivity (Wildman–Crippen MR) is 123 cm³/mol. The highest BCUT2D eigenvalue weighted by Gasteiger charge is 2.30. The molecule has 3 N–H and O–H groups in total. The Morgan fingerprint density at radius 1 is 1.16 bits per heavy atom. The van der Waals surface area contributed by atoms with Crippen LogP contribution in [0.5, 0.6) is 0 Å². The van der Waals surface area contributed by atoms with Crippen LogP contribution in [-0.2, 0) is 11.3 Å². The lowest BCUT2D eigenvalue weighted by atomic mass is 9.88. The fourth-order valence-corrected chi connectivity index (χ4v) is 4.02. The third-order valence-electron chi connectivity index (χ3n) is 5.83. The zero-order valence-corrected chi connectivity index (χ0v) is 18.0. The first kappa shape index (κ1) is 19.8. The van der Waals surface area contributed by atoms with Gasteiger partial charge in [-0.25, -0.2) is 4.98 Å². The number of nitrogens with one attached hydrogen (secondary N) is 3. The van der Waals surface area contributed by atoms with Gasteiger partial charge in [-0.15, -0.1) is 0 Å². The molecule has 2 aliphatic rings. The molecular weight excluding hydrogens is 410 g/mol. The molecule has 0 aliphatic heterocycles. The second-order valence-electron chi connectivity index (χ2n) is 8.30. The first-order valence-corrected chi connectivity index (χ1v) is 11.0. The van der Waals surface area contributed by atoms with E-state index in [1.807, 2.05) is 36.5 Å². The fraction of sp³-hybridized carbons (Fsp3) is 0.292. The molecule has 1 fully saturated rings. The van der Waals surface area contributed by atoms with E-state index in [9.17, 15) is 4.79 Å². The van der Waals surface area contributed by atoms with Gasteiger partial charge in [-0.3, -0.25) is 10.1 Å². The van der Waals surface area contributed by atoms with Crippen molar-refractivity contribution >= 4 is 40.1 Å². The minimum absolute atomic E-state index is 0.0103. The summed E-state index contributed by atoms with van der Waals surface area (Å²) in [6.45, 7) is 2.96. The van der Waals surface area contributed by atoms with Crippen LogP contribution in [0.15, 0.2) is 54.4 Å². The van der Waals surface area contributed by atoms with Crippen molar-refractivity contribution in [2.45, 2.75) is 32.7 Å². The van der Waals surface area contributed by atoms with Crippen molar-refractivity contribution in [3.63, 3.8) is 0 Å². The maximum Gasteiger partial charge on any atom is 0.231 e. The van der Waals surface area contributed by atoms with Gasteiger partial charge in [0, 0.05) is 34.8 Å². The van der Waals surface area contributed by atoms with Crippen LogP contribution >= 0.6 is 11.6 Å². The fourth-order valence-electron chi connectivity index (χ4n) is 3.90. The third kappa shape index (κ3) is 4.35. The molecule has 1 atom stereocenters. The molecule has 0 bridgehead atoms. The Hall–Kier alpha value is -3.12. The van der Waals surface area contributed by atoms with E-state index in [1.165, 1.54) is 11.3 Å². The Balaban J connectivity index is 1.39. The van der Waals surface area contributed by atoms with Crippen molar-refractivity contribution in [3.8, 4) is 0 Å². The van der Waals surface area contributed by atoms with E-state index >= 15 is 0 Å². The van der Waals surface area contributed by atoms with Crippen LogP contribution in [0.2, 0.25) is 5.02 Å². The molecule has 1 amide bonds. The van der Waals surface area contributed by atoms with Crippen molar-refractivity contribution in [3.05, 3.63) is 70.7 Å². The van der Waals surface area contributed by atoms with Crippen molar-refractivity contribution in [1.29, 1.82) is 0 Å². The van der Waals surface area contributed by atoms with Crippen LogP contribution in [0, 0.1) is 11.8 Å². The highest BCUT2D eigenvalue weighted by Crippen LogP contribution is 2.35. The van der Waals surface area contributed by atoms with Crippen molar-refractivity contribution < 1.29 is 4.79 Å². The normalized spacial score (nSPS) is 18.5. The summed E-state index contributed by atoms with van der Waals surface area (Å²) in [6.07, 6.45) is 8.88. The van der Waals surface area contributed by atoms with Crippen molar-refractivity contribution in [1.82, 2.24) is 20.3 Å². The zero-order valence-electron chi connectivity index (χ0n) is 17.3. The van der Waals surface area contributed by atoms with Crippen LogP contribution in [0.25, 0.3) is 16.6 Å². The second-order valence-corrected chi connectivity index (χ2v) is 8.73. The number of hydrogen-bond acceptors (Lipinski definition) is 4. The molecule has 6 nitrogen and oxygen atoms in total. The van der Waals surface area contributed by atoms with Gasteiger partial charge in [-0.05, 0) is 60.6 Å². The number of halogens is 1. The number of anilines is 1. The number of allylic oxidation sites excluding steroid dienone is 4. The van der Waals surface area contributed by atoms with Crippen LogP contribution in [0.1, 0.15) is 37.4 Å². The number of aromatic nitrogens is 3. The number of rotatable bonds is 6. The van der Waals surface area contributed by atoms with E-state index < -0.39 is 0 Å². The van der Waals surface area contributed by atoms with Crippen LogP contribution in [0.3, 0.4) is 0 Å². The number of nitrogens with zero attached hydrogens (tertiary/aromatic N) is 2. The van der Waals surface area contributed by atoms with Gasteiger partial charge in [0.2, 0.25) is 11.9 Å². The number of aromatic amines is 1. The van der Waals surface area contributed by atoms with Gasteiger partial charge in [0.05, 0.1) is 5.69 Å². The molecule has 2 aromatic heterocycles. The molecule has 1 aromatic carbocycles. The van der Waals surface area contributed by atoms with E-state index in [0.717, 1.165) is 53.1 Å². The summed E-state index contributed by atoms with van der Waals surface area (Å²) in [4.78, 5) is 24.6. The van der Waals surface area contributed by atoms with Crippen LogP contribution < -0.4 is 10.6 Å². The number of benzene rings is 1. The summed E-state index contributed by atoms with van der Waals surface area (Å²) in [5.74, 6) is 0.760. The Morgan fingerprint density at radius 3 is 2.71 bits per heavy atom. The summed E-state index contributed by atoms with van der Waals surface area (Å²) >= 11 is 5.97. The standard InChI is InChI=1S/C24H24ClN5O/c1-14-12-18(27-13-15-2-6-17(25)7-3-15)8-9-19(14)21-20-10-11-26-22(20)29-24(28-21)30-23(31)16-4-5-16/h2-3,6-11,14,16,27H,4-5,12-13H2,1H3,(H2,26,28,29,30,31).